The van der Waals surface area contributed by atoms with Gasteiger partial charge in [0.1, 0.15) is 37.8 Å². The zero-order valence-electron chi connectivity index (χ0n) is 34.9. The molecule has 0 radical (unpaired) electrons. The largest absolute Gasteiger partial charge is 0.488 e. The molecule has 54 heavy (non-hydrogen) atoms. The van der Waals surface area contributed by atoms with Gasteiger partial charge in [-0.1, -0.05) is 51.0 Å². The number of unbranched alkanes of at least 4 members (excludes halogenated alkanes) is 4. The molecule has 0 aromatic heterocycles. The first-order valence-electron chi connectivity index (χ1n) is 20.3. The van der Waals surface area contributed by atoms with Crippen LogP contribution in [-0.2, 0) is 9.84 Å². The third-order valence-corrected chi connectivity index (χ3v) is 13.7. The molecule has 0 fully saturated rings. The normalized spacial score (nSPS) is 19.9. The van der Waals surface area contributed by atoms with Crippen molar-refractivity contribution < 1.29 is 32.0 Å². The fourth-order valence-corrected chi connectivity index (χ4v) is 10.2. The Kier molecular flexibility index (Phi) is 15.5. The molecule has 0 saturated heterocycles. The maximum Gasteiger partial charge on any atom is 0.179 e. The van der Waals surface area contributed by atoms with Gasteiger partial charge >= 0.3 is 0 Å². The average molecular weight is 766 g/mol. The quantitative estimate of drug-likeness (QED) is 0.0874. The van der Waals surface area contributed by atoms with Gasteiger partial charge in [-0.05, 0) is 105 Å². The summed E-state index contributed by atoms with van der Waals surface area (Å²) in [6.07, 6.45) is 7.04. The molecule has 1 aliphatic heterocycles. The van der Waals surface area contributed by atoms with E-state index in [1.165, 1.54) is 31.2 Å². The number of fused-ring (bicyclic) bond motifs is 1. The molecule has 0 aliphatic carbocycles. The van der Waals surface area contributed by atoms with Crippen molar-refractivity contribution in [2.45, 2.75) is 89.1 Å². The van der Waals surface area contributed by atoms with Gasteiger partial charge in [0.05, 0.1) is 58.0 Å². The summed E-state index contributed by atoms with van der Waals surface area (Å²) in [5.41, 5.74) is 2.94. The first kappa shape index (κ1) is 43.6. The van der Waals surface area contributed by atoms with E-state index in [1.807, 2.05) is 74.4 Å². The van der Waals surface area contributed by atoms with E-state index in [0.717, 1.165) is 77.3 Å². The fraction of sp³-hybridized carbons (Fsp3) is 0.600. The van der Waals surface area contributed by atoms with Crippen LogP contribution in [0.4, 0.5) is 5.69 Å². The highest BCUT2D eigenvalue weighted by Crippen LogP contribution is 2.49. The number of ether oxygens (including phenoxy) is 2. The van der Waals surface area contributed by atoms with E-state index in [0.29, 0.717) is 29.9 Å². The number of nitrogens with zero attached hydrogens (tertiary/aromatic N) is 3. The average Bonchev–Trinajstić information content (AvgIpc) is 3.18. The van der Waals surface area contributed by atoms with Crippen LogP contribution in [-0.4, -0.2) is 116 Å². The Morgan fingerprint density at radius 3 is 1.93 bits per heavy atom. The Balaban J connectivity index is 1.33. The number of aryl methyl sites for hydroxylation is 1. The van der Waals surface area contributed by atoms with Crippen molar-refractivity contribution >= 4 is 15.5 Å². The van der Waals surface area contributed by atoms with Gasteiger partial charge in [0.25, 0.3) is 0 Å². The number of hydrogen-bond acceptors (Lipinski definition) is 6. The minimum atomic E-state index is -3.64. The number of hydrogen-bond donors (Lipinski definition) is 1. The number of aliphatic hydroxyl groups is 1. The Labute approximate surface area is 328 Å². The SMILES string of the molecule is CCCC[C@]1(CC)CS(=O)(=O)c2ccc(N(C)C)cc2[C@@H](c2cccc(OCC[N+](C)(C)CCCCCC[N+](C)(C)CCOc3cccc(C)c3)c2)[C@H]1O. The van der Waals surface area contributed by atoms with Crippen LogP contribution in [0, 0.1) is 12.3 Å². The summed E-state index contributed by atoms with van der Waals surface area (Å²) in [4.78, 5) is 2.32. The summed E-state index contributed by atoms with van der Waals surface area (Å²) in [6, 6.07) is 21.8. The second-order valence-corrected chi connectivity index (χ2v) is 19.3. The summed E-state index contributed by atoms with van der Waals surface area (Å²) in [6.45, 7) is 11.7. The molecule has 8 nitrogen and oxygen atoms in total. The molecule has 1 heterocycles. The van der Waals surface area contributed by atoms with Gasteiger partial charge in [0.15, 0.2) is 9.84 Å². The topological polar surface area (TPSA) is 76.1 Å². The number of likely N-dealkylation sites (N-methyl/N-ethyl adjacent to an activating group) is 2. The van der Waals surface area contributed by atoms with Gasteiger partial charge < -0.3 is 28.4 Å². The van der Waals surface area contributed by atoms with E-state index < -0.39 is 27.3 Å². The summed E-state index contributed by atoms with van der Waals surface area (Å²) in [5, 5.41) is 12.4. The van der Waals surface area contributed by atoms with E-state index in [2.05, 4.69) is 54.2 Å². The Morgan fingerprint density at radius 1 is 0.778 bits per heavy atom. The third-order valence-electron chi connectivity index (χ3n) is 11.7. The van der Waals surface area contributed by atoms with Crippen LogP contribution < -0.4 is 14.4 Å². The van der Waals surface area contributed by atoms with Gasteiger partial charge in [-0.25, -0.2) is 8.42 Å². The van der Waals surface area contributed by atoms with Crippen LogP contribution in [0.5, 0.6) is 11.5 Å². The molecule has 1 N–H and O–H groups in total. The molecule has 0 unspecified atom stereocenters. The molecule has 4 rings (SSSR count). The van der Waals surface area contributed by atoms with Crippen molar-refractivity contribution in [2.75, 3.05) is 92.3 Å². The van der Waals surface area contributed by atoms with Crippen molar-refractivity contribution in [2.24, 2.45) is 5.41 Å². The minimum Gasteiger partial charge on any atom is -0.488 e. The fourth-order valence-electron chi connectivity index (χ4n) is 7.99. The molecule has 300 valence electrons. The first-order valence-corrected chi connectivity index (χ1v) is 21.9. The zero-order valence-corrected chi connectivity index (χ0v) is 35.8. The molecule has 9 heteroatoms. The van der Waals surface area contributed by atoms with Crippen molar-refractivity contribution in [3.8, 4) is 11.5 Å². The Bertz CT molecular complexity index is 1740. The smallest absolute Gasteiger partial charge is 0.179 e. The van der Waals surface area contributed by atoms with Gasteiger partial charge in [-0.3, -0.25) is 0 Å². The molecule has 3 atom stereocenters. The number of benzene rings is 3. The van der Waals surface area contributed by atoms with Gasteiger partial charge in [0.2, 0.25) is 0 Å². The van der Waals surface area contributed by atoms with E-state index in [9.17, 15) is 13.5 Å². The lowest BCUT2D eigenvalue weighted by Crippen LogP contribution is -2.44. The Morgan fingerprint density at radius 2 is 1.37 bits per heavy atom. The third kappa shape index (κ3) is 11.9. The molecule has 0 bridgehead atoms. The molecule has 3 aromatic carbocycles. The van der Waals surface area contributed by atoms with Crippen molar-refractivity contribution in [1.29, 1.82) is 0 Å². The minimum absolute atomic E-state index is 0.0483. The van der Waals surface area contributed by atoms with E-state index in [4.69, 9.17) is 9.47 Å². The summed E-state index contributed by atoms with van der Waals surface area (Å²) < 4.78 is 42.3. The highest BCUT2D eigenvalue weighted by Gasteiger charge is 2.49. The second-order valence-electron chi connectivity index (χ2n) is 17.4. The lowest BCUT2D eigenvalue weighted by molar-refractivity contribution is -0.891. The van der Waals surface area contributed by atoms with Crippen LogP contribution in [0.25, 0.3) is 0 Å². The maximum atomic E-state index is 14.0. The molecular weight excluding hydrogens is 695 g/mol. The van der Waals surface area contributed by atoms with E-state index in [1.54, 1.807) is 6.07 Å². The van der Waals surface area contributed by atoms with E-state index in [-0.39, 0.29) is 5.75 Å². The van der Waals surface area contributed by atoms with Gasteiger partial charge in [0, 0.05) is 31.1 Å². The van der Waals surface area contributed by atoms with Gasteiger partial charge in [-0.2, -0.15) is 0 Å². The molecule has 3 aromatic rings. The van der Waals surface area contributed by atoms with Crippen LogP contribution in [0.2, 0.25) is 0 Å². The van der Waals surface area contributed by atoms with Crippen LogP contribution in [0.1, 0.15) is 87.8 Å². The van der Waals surface area contributed by atoms with Crippen LogP contribution in [0.15, 0.2) is 71.6 Å². The van der Waals surface area contributed by atoms with Gasteiger partial charge in [-0.15, -0.1) is 0 Å². The predicted molar refractivity (Wildman–Crippen MR) is 224 cm³/mol. The molecule has 0 spiro atoms. The van der Waals surface area contributed by atoms with Crippen LogP contribution in [0.3, 0.4) is 0 Å². The predicted octanol–water partition coefficient (Wildman–Crippen LogP) is 8.10. The number of sulfone groups is 1. The maximum absolute atomic E-state index is 14.0. The molecule has 0 saturated carbocycles. The highest BCUT2D eigenvalue weighted by atomic mass is 32.2. The first-order chi connectivity index (χ1) is 25.5. The molecule has 1 aliphatic rings. The molecule has 0 amide bonds. The zero-order chi connectivity index (χ0) is 39.6. The van der Waals surface area contributed by atoms with Crippen molar-refractivity contribution in [1.82, 2.24) is 0 Å². The second kappa shape index (κ2) is 19.2. The van der Waals surface area contributed by atoms with Crippen LogP contribution >= 0.6 is 0 Å². The standard InChI is InChI=1S/C45H71N3O5S/c1-10-12-25-45(11-2)35-54(50,51)42-24-23-38(46(4)5)34-41(42)43(44(45)49)37-20-18-22-40(33-37)53-31-29-48(8,9)27-16-14-13-15-26-47(6,7)28-30-52-39-21-17-19-36(3)32-39/h17-24,32-34,43-44,49H,10-16,25-31,35H2,1-9H3/q+2/t43-,44-,45-/m1/s1. The summed E-state index contributed by atoms with van der Waals surface area (Å²) in [5.74, 6) is 1.15. The van der Waals surface area contributed by atoms with Crippen molar-refractivity contribution in [3.63, 3.8) is 0 Å². The lowest BCUT2D eigenvalue weighted by atomic mass is 9.69. The number of rotatable bonds is 21. The number of anilines is 1. The number of quaternary nitrogens is 2. The molecular formula is C45H71N3O5S+2. The Hall–Kier alpha value is -3.11. The summed E-state index contributed by atoms with van der Waals surface area (Å²) >= 11 is 0. The monoisotopic (exact) mass is 766 g/mol. The highest BCUT2D eigenvalue weighted by molar-refractivity contribution is 7.91. The number of aliphatic hydroxyl groups excluding tert-OH is 1. The lowest BCUT2D eigenvalue weighted by Gasteiger charge is -2.39. The van der Waals surface area contributed by atoms with E-state index >= 15 is 0 Å². The van der Waals surface area contributed by atoms with Crippen molar-refractivity contribution in [3.05, 3.63) is 83.4 Å². The summed E-state index contributed by atoms with van der Waals surface area (Å²) in [7, 11) is 9.41.